The standard InChI is InChI=1S/C31H36F3N5O4S/c1-42-30-16-25(44(35,40)41)11-12-28(30)36-13-3-4-22-14-26-27(5-2-6-29(26)39(22)19-31(32,33)34)37-20-7-9-21(10-8-20)38-17-23-15-24(18-38)43-23/h2,5-6,11-12,14,16,20-21,23-24,36-37H,7-10,13,15,17-19H2,1H3,(H2,35,40,41)/t20?,21?,23-,24?/m1/s1. The number of nitrogens with two attached hydrogens (primary N) is 1. The molecule has 4 N–H and O–H groups in total. The van der Waals surface area contributed by atoms with Crippen molar-refractivity contribution in [3.63, 3.8) is 0 Å². The molecule has 4 fully saturated rings. The van der Waals surface area contributed by atoms with Gasteiger partial charge in [-0.25, -0.2) is 13.6 Å². The molecule has 2 bridgehead atoms. The number of aromatic nitrogens is 1. The predicted molar refractivity (Wildman–Crippen MR) is 162 cm³/mol. The van der Waals surface area contributed by atoms with Crippen LogP contribution in [-0.4, -0.2) is 75.1 Å². The molecule has 1 aliphatic carbocycles. The molecule has 3 aromatic rings. The number of ether oxygens (including phenoxy) is 2. The molecule has 3 aliphatic heterocycles. The number of piperidine rings is 1. The normalized spacial score (nSPS) is 23.8. The Balaban J connectivity index is 1.17. The average Bonchev–Trinajstić information content (AvgIpc) is 3.31. The number of primary sulfonamides is 1. The molecular weight excluding hydrogens is 595 g/mol. The van der Waals surface area contributed by atoms with E-state index in [4.69, 9.17) is 14.6 Å². The van der Waals surface area contributed by atoms with E-state index in [0.29, 0.717) is 34.8 Å². The van der Waals surface area contributed by atoms with E-state index >= 15 is 0 Å². The highest BCUT2D eigenvalue weighted by atomic mass is 32.2. The molecule has 0 amide bonds. The van der Waals surface area contributed by atoms with Crippen LogP contribution in [0.15, 0.2) is 47.4 Å². The van der Waals surface area contributed by atoms with Gasteiger partial charge in [0.2, 0.25) is 10.0 Å². The molecular formula is C31H36F3N5O4S. The second-order valence-electron chi connectivity index (χ2n) is 11.8. The third-order valence-corrected chi connectivity index (χ3v) is 9.64. The van der Waals surface area contributed by atoms with Crippen LogP contribution in [0.2, 0.25) is 0 Å². The topological polar surface area (TPSA) is 111 Å². The van der Waals surface area contributed by atoms with Crippen molar-refractivity contribution in [2.75, 3.05) is 37.4 Å². The number of halogens is 3. The summed E-state index contributed by atoms with van der Waals surface area (Å²) in [4.78, 5) is 2.47. The van der Waals surface area contributed by atoms with Gasteiger partial charge in [0.1, 0.15) is 12.3 Å². The van der Waals surface area contributed by atoms with Gasteiger partial charge < -0.3 is 24.7 Å². The Labute approximate surface area is 254 Å². The maximum atomic E-state index is 13.7. The van der Waals surface area contributed by atoms with Crippen LogP contribution >= 0.6 is 0 Å². The highest BCUT2D eigenvalue weighted by Gasteiger charge is 2.41. The maximum Gasteiger partial charge on any atom is 0.406 e. The third kappa shape index (κ3) is 6.78. The second-order valence-corrected chi connectivity index (χ2v) is 13.3. The summed E-state index contributed by atoms with van der Waals surface area (Å²) in [5, 5.41) is 12.5. The molecule has 0 radical (unpaired) electrons. The van der Waals surface area contributed by atoms with Crippen molar-refractivity contribution in [2.24, 2.45) is 5.14 Å². The highest BCUT2D eigenvalue weighted by Crippen LogP contribution is 2.35. The number of nitrogens with one attached hydrogen (secondary N) is 2. The molecule has 13 heteroatoms. The number of anilines is 2. The minimum Gasteiger partial charge on any atom is -0.495 e. The number of morpholine rings is 1. The monoisotopic (exact) mass is 631 g/mol. The minimum atomic E-state index is -4.43. The Bertz CT molecular complexity index is 1670. The van der Waals surface area contributed by atoms with E-state index < -0.39 is 22.7 Å². The van der Waals surface area contributed by atoms with Crippen LogP contribution < -0.4 is 20.5 Å². The van der Waals surface area contributed by atoms with Gasteiger partial charge in [0.05, 0.1) is 47.7 Å². The number of sulfonamides is 1. The van der Waals surface area contributed by atoms with Crippen LogP contribution in [-0.2, 0) is 21.3 Å². The van der Waals surface area contributed by atoms with Crippen LogP contribution in [0.5, 0.6) is 5.75 Å². The summed E-state index contributed by atoms with van der Waals surface area (Å²) in [5.41, 5.74) is 1.99. The predicted octanol–water partition coefficient (Wildman–Crippen LogP) is 4.52. The summed E-state index contributed by atoms with van der Waals surface area (Å²) >= 11 is 0. The van der Waals surface area contributed by atoms with Gasteiger partial charge >= 0.3 is 6.18 Å². The Morgan fingerprint density at radius 3 is 2.45 bits per heavy atom. The molecule has 1 saturated carbocycles. The van der Waals surface area contributed by atoms with Gasteiger partial charge in [0.15, 0.2) is 0 Å². The molecule has 0 spiro atoms. The molecule has 2 atom stereocenters. The van der Waals surface area contributed by atoms with Crippen molar-refractivity contribution in [1.82, 2.24) is 9.47 Å². The highest BCUT2D eigenvalue weighted by molar-refractivity contribution is 7.89. The minimum absolute atomic E-state index is 0.0810. The summed E-state index contributed by atoms with van der Waals surface area (Å²) in [7, 11) is -2.52. The van der Waals surface area contributed by atoms with E-state index in [0.717, 1.165) is 44.5 Å². The Morgan fingerprint density at radius 1 is 1.07 bits per heavy atom. The first kappa shape index (κ1) is 30.6. The molecule has 3 saturated heterocycles. The first-order valence-electron chi connectivity index (χ1n) is 14.8. The largest absolute Gasteiger partial charge is 0.495 e. The van der Waals surface area contributed by atoms with Gasteiger partial charge in [-0.3, -0.25) is 4.90 Å². The Kier molecular flexibility index (Phi) is 8.45. The van der Waals surface area contributed by atoms with E-state index in [9.17, 15) is 21.6 Å². The lowest BCUT2D eigenvalue weighted by molar-refractivity contribution is -0.189. The fourth-order valence-corrected chi connectivity index (χ4v) is 7.15. The second kappa shape index (κ2) is 12.2. The summed E-state index contributed by atoms with van der Waals surface area (Å²) in [6, 6.07) is 12.0. The third-order valence-electron chi connectivity index (χ3n) is 8.73. The molecule has 2 aromatic carbocycles. The molecule has 1 aromatic heterocycles. The lowest BCUT2D eigenvalue weighted by Crippen LogP contribution is -2.60. The molecule has 236 valence electrons. The van der Waals surface area contributed by atoms with E-state index in [1.54, 1.807) is 18.2 Å². The SMILES string of the molecule is COc1cc(S(N)(=O)=O)ccc1NCC#Cc1cc2c(NC3CCC(N4CC5C[C@H](C4)O5)CC3)cccc2n1CC(F)(F)F. The van der Waals surface area contributed by atoms with Gasteiger partial charge in [0.25, 0.3) is 0 Å². The van der Waals surface area contributed by atoms with Gasteiger partial charge in [-0.05, 0) is 61.9 Å². The number of methoxy groups -OCH3 is 1. The van der Waals surface area contributed by atoms with E-state index in [1.807, 2.05) is 6.07 Å². The van der Waals surface area contributed by atoms with Crippen molar-refractivity contribution in [3.05, 3.63) is 48.2 Å². The zero-order valence-corrected chi connectivity index (χ0v) is 25.2. The lowest BCUT2D eigenvalue weighted by atomic mass is 9.87. The number of alkyl halides is 3. The fraction of sp³-hybridized carbons (Fsp3) is 0.484. The van der Waals surface area contributed by atoms with Crippen LogP contribution in [0, 0.1) is 11.8 Å². The summed E-state index contributed by atoms with van der Waals surface area (Å²) in [5.74, 6) is 6.04. The number of fused-ring (bicyclic) bond motifs is 3. The van der Waals surface area contributed by atoms with Crippen LogP contribution in [0.4, 0.5) is 24.5 Å². The molecule has 7 rings (SSSR count). The van der Waals surface area contributed by atoms with Gasteiger partial charge in [-0.2, -0.15) is 13.2 Å². The molecule has 4 heterocycles. The van der Waals surface area contributed by atoms with Crippen molar-refractivity contribution in [1.29, 1.82) is 0 Å². The summed E-state index contributed by atoms with van der Waals surface area (Å²) in [6.07, 6.45) is 1.70. The van der Waals surface area contributed by atoms with Crippen molar-refractivity contribution >= 4 is 32.3 Å². The molecule has 1 unspecified atom stereocenters. The quantitative estimate of drug-likeness (QED) is 0.314. The summed E-state index contributed by atoms with van der Waals surface area (Å²) < 4.78 is 76.5. The summed E-state index contributed by atoms with van der Waals surface area (Å²) in [6.45, 7) is 0.955. The first-order valence-corrected chi connectivity index (χ1v) is 16.3. The molecule has 9 nitrogen and oxygen atoms in total. The number of hydrogen-bond donors (Lipinski definition) is 3. The zero-order chi connectivity index (χ0) is 31.1. The Hall–Kier alpha value is -3.44. The lowest BCUT2D eigenvalue weighted by Gasteiger charge is -2.50. The molecule has 4 aliphatic rings. The van der Waals surface area contributed by atoms with Gasteiger partial charge in [0, 0.05) is 48.7 Å². The molecule has 44 heavy (non-hydrogen) atoms. The smallest absolute Gasteiger partial charge is 0.406 e. The first-order chi connectivity index (χ1) is 21.0. The number of nitrogens with zero attached hydrogens (tertiary/aromatic N) is 2. The Morgan fingerprint density at radius 2 is 1.80 bits per heavy atom. The van der Waals surface area contributed by atoms with Gasteiger partial charge in [-0.1, -0.05) is 12.0 Å². The number of hydrogen-bond acceptors (Lipinski definition) is 7. The number of benzene rings is 2. The van der Waals surface area contributed by atoms with Crippen LogP contribution in [0.1, 0.15) is 37.8 Å². The zero-order valence-electron chi connectivity index (χ0n) is 24.4. The van der Waals surface area contributed by atoms with Crippen LogP contribution in [0.3, 0.4) is 0 Å². The van der Waals surface area contributed by atoms with Crippen LogP contribution in [0.25, 0.3) is 10.9 Å². The van der Waals surface area contributed by atoms with E-state index in [1.165, 1.54) is 36.3 Å². The maximum absolute atomic E-state index is 13.7. The van der Waals surface area contributed by atoms with Gasteiger partial charge in [-0.15, -0.1) is 0 Å². The van der Waals surface area contributed by atoms with Crippen molar-refractivity contribution in [3.8, 4) is 17.6 Å². The van der Waals surface area contributed by atoms with Crippen molar-refractivity contribution < 1.29 is 31.1 Å². The number of rotatable bonds is 8. The average molecular weight is 632 g/mol. The van der Waals surface area contributed by atoms with E-state index in [2.05, 4.69) is 27.4 Å². The van der Waals surface area contributed by atoms with Crippen molar-refractivity contribution in [2.45, 2.75) is 74.0 Å². The van der Waals surface area contributed by atoms with E-state index in [-0.39, 0.29) is 28.9 Å². The fourth-order valence-electron chi connectivity index (χ4n) is 6.62.